The van der Waals surface area contributed by atoms with E-state index in [0.717, 1.165) is 44.9 Å². The molecule has 0 aromatic heterocycles. The quantitative estimate of drug-likeness (QED) is 0.242. The highest BCUT2D eigenvalue weighted by atomic mass is 16.7. The number of aliphatic hydroxyl groups excluding tert-OH is 3. The molecule has 3 spiro atoms. The highest BCUT2D eigenvalue weighted by Gasteiger charge is 2.88. The molecule has 288 valence electrons. The predicted molar refractivity (Wildman–Crippen MR) is 179 cm³/mol. The van der Waals surface area contributed by atoms with Crippen LogP contribution < -0.4 is 0 Å². The first-order valence-electron chi connectivity index (χ1n) is 19.4. The van der Waals surface area contributed by atoms with Gasteiger partial charge in [0.25, 0.3) is 0 Å². The number of carbonyl (C=O) groups is 2. The SMILES string of the molecule is CC(=O)OC1C2C3(C)CCC(C(C)(C)O)(OCC24CCC25CC26CCC(OC2OCC(O)C(O)C2O)C(C)(C)C6CCC5C4(C)C1OC(C)=O)O3. The zero-order valence-corrected chi connectivity index (χ0v) is 31.6. The van der Waals surface area contributed by atoms with Crippen molar-refractivity contribution in [3.8, 4) is 0 Å². The van der Waals surface area contributed by atoms with Gasteiger partial charge in [-0.2, -0.15) is 0 Å². The van der Waals surface area contributed by atoms with Gasteiger partial charge in [0.2, 0.25) is 0 Å². The van der Waals surface area contributed by atoms with Gasteiger partial charge < -0.3 is 48.8 Å². The molecule has 3 saturated heterocycles. The predicted octanol–water partition coefficient (Wildman–Crippen LogP) is 3.38. The van der Waals surface area contributed by atoms with Crippen molar-refractivity contribution in [2.45, 2.75) is 173 Å². The molecule has 16 unspecified atom stereocenters. The third kappa shape index (κ3) is 4.54. The molecule has 2 bridgehead atoms. The van der Waals surface area contributed by atoms with E-state index in [9.17, 15) is 30.0 Å². The molecule has 3 aliphatic heterocycles. The molecule has 8 aliphatic rings. The summed E-state index contributed by atoms with van der Waals surface area (Å²) in [5.74, 6) is -1.89. The molecule has 0 aromatic carbocycles. The number of rotatable bonds is 5. The maximum Gasteiger partial charge on any atom is 0.303 e. The second-order valence-corrected chi connectivity index (χ2v) is 19.4. The fraction of sp³-hybridized carbons (Fsp3) is 0.949. The van der Waals surface area contributed by atoms with Crippen molar-refractivity contribution in [3.63, 3.8) is 0 Å². The monoisotopic (exact) mass is 720 g/mol. The maximum absolute atomic E-state index is 13.0. The van der Waals surface area contributed by atoms with Crippen molar-refractivity contribution in [1.29, 1.82) is 0 Å². The molecule has 51 heavy (non-hydrogen) atoms. The van der Waals surface area contributed by atoms with Gasteiger partial charge in [-0.15, -0.1) is 0 Å². The number of aliphatic hydroxyl groups is 4. The molecule has 5 aliphatic carbocycles. The van der Waals surface area contributed by atoms with Crippen molar-refractivity contribution in [3.05, 3.63) is 0 Å². The van der Waals surface area contributed by atoms with Crippen LogP contribution >= 0.6 is 0 Å². The molecular formula is C39H60O12. The first-order valence-corrected chi connectivity index (χ1v) is 19.4. The van der Waals surface area contributed by atoms with E-state index in [-0.39, 0.29) is 40.8 Å². The van der Waals surface area contributed by atoms with Crippen molar-refractivity contribution >= 4 is 11.9 Å². The fourth-order valence-electron chi connectivity index (χ4n) is 14.5. The number of ether oxygens (including phenoxy) is 6. The van der Waals surface area contributed by atoms with Crippen molar-refractivity contribution < 1.29 is 58.4 Å². The second kappa shape index (κ2) is 11.1. The average molecular weight is 721 g/mol. The average Bonchev–Trinajstić information content (AvgIpc) is 3.52. The summed E-state index contributed by atoms with van der Waals surface area (Å²) in [5.41, 5.74) is -3.51. The van der Waals surface area contributed by atoms with Crippen LogP contribution in [0.2, 0.25) is 0 Å². The van der Waals surface area contributed by atoms with Crippen molar-refractivity contribution in [2.24, 2.45) is 44.8 Å². The van der Waals surface area contributed by atoms with E-state index in [1.807, 2.05) is 0 Å². The molecule has 16 atom stereocenters. The number of carbonyl (C=O) groups excluding carboxylic acids is 2. The standard InChI is InChI=1S/C39H60O12/c1-20(40)48-28-29-34(7)13-16-39(51-34,33(5,6)45)47-19-38(29)15-14-37-18-36(37)12-11-25(50-31-27(44)26(43)22(42)17-46-31)32(3,4)23(36)9-10-24(37)35(38,8)30(28)49-21(2)41/h22-31,42-45H,9-19H2,1-8H3. The smallest absolute Gasteiger partial charge is 0.303 e. The Kier molecular flexibility index (Phi) is 7.97. The molecular weight excluding hydrogens is 660 g/mol. The number of fused-ring (bicyclic) bond motifs is 4. The highest BCUT2D eigenvalue weighted by molar-refractivity contribution is 5.68. The minimum atomic E-state index is -1.34. The van der Waals surface area contributed by atoms with Crippen LogP contribution in [0.5, 0.6) is 0 Å². The maximum atomic E-state index is 13.0. The Morgan fingerprint density at radius 2 is 1.45 bits per heavy atom. The summed E-state index contributed by atoms with van der Waals surface area (Å²) in [5, 5.41) is 42.5. The third-order valence-corrected chi connectivity index (χ3v) is 16.6. The summed E-state index contributed by atoms with van der Waals surface area (Å²) in [4.78, 5) is 26.0. The summed E-state index contributed by atoms with van der Waals surface area (Å²) in [6.45, 7) is 15.4. The Morgan fingerprint density at radius 1 is 0.804 bits per heavy atom. The van der Waals surface area contributed by atoms with Gasteiger partial charge in [0.1, 0.15) is 36.1 Å². The number of hydrogen-bond donors (Lipinski definition) is 4. The van der Waals surface area contributed by atoms with Crippen LogP contribution in [-0.2, 0) is 38.0 Å². The lowest BCUT2D eigenvalue weighted by atomic mass is 9.41. The molecule has 0 radical (unpaired) electrons. The zero-order valence-electron chi connectivity index (χ0n) is 31.6. The highest BCUT2D eigenvalue weighted by Crippen LogP contribution is 2.90. The molecule has 8 rings (SSSR count). The van der Waals surface area contributed by atoms with Gasteiger partial charge in [0.15, 0.2) is 12.1 Å². The van der Waals surface area contributed by atoms with Crippen LogP contribution in [0.15, 0.2) is 0 Å². The van der Waals surface area contributed by atoms with E-state index in [0.29, 0.717) is 25.4 Å². The van der Waals surface area contributed by atoms with Gasteiger partial charge in [0.05, 0.1) is 24.9 Å². The fourth-order valence-corrected chi connectivity index (χ4v) is 14.5. The lowest BCUT2D eigenvalue weighted by Crippen LogP contribution is -2.63. The zero-order chi connectivity index (χ0) is 36.9. The summed E-state index contributed by atoms with van der Waals surface area (Å²) in [7, 11) is 0. The van der Waals surface area contributed by atoms with E-state index in [2.05, 4.69) is 27.7 Å². The largest absolute Gasteiger partial charge is 0.458 e. The summed E-state index contributed by atoms with van der Waals surface area (Å²) in [6, 6.07) is 0. The minimum absolute atomic E-state index is 0.0195. The molecule has 4 N–H and O–H groups in total. The van der Waals surface area contributed by atoms with E-state index >= 15 is 0 Å². The Bertz CT molecular complexity index is 1460. The van der Waals surface area contributed by atoms with Crippen LogP contribution in [0.4, 0.5) is 0 Å². The lowest BCUT2D eigenvalue weighted by Gasteiger charge is -2.64. The Morgan fingerprint density at radius 3 is 2.12 bits per heavy atom. The molecule has 3 heterocycles. The topological polar surface area (TPSA) is 170 Å². The van der Waals surface area contributed by atoms with Gasteiger partial charge in [-0.05, 0) is 100 Å². The van der Waals surface area contributed by atoms with Gasteiger partial charge >= 0.3 is 11.9 Å². The normalized spacial score (nSPS) is 55.2. The number of hydrogen-bond acceptors (Lipinski definition) is 12. The van der Waals surface area contributed by atoms with E-state index in [4.69, 9.17) is 28.4 Å². The summed E-state index contributed by atoms with van der Waals surface area (Å²) in [6.07, 6.45) is 0.954. The first-order chi connectivity index (χ1) is 23.6. The van der Waals surface area contributed by atoms with Crippen LogP contribution in [0.3, 0.4) is 0 Å². The first kappa shape index (κ1) is 36.6. The van der Waals surface area contributed by atoms with Gasteiger partial charge in [-0.1, -0.05) is 20.8 Å². The van der Waals surface area contributed by atoms with Crippen LogP contribution in [0.1, 0.15) is 113 Å². The van der Waals surface area contributed by atoms with E-state index < -0.39 is 76.6 Å². The Labute approximate surface area is 301 Å². The molecule has 12 heteroatoms. The van der Waals surface area contributed by atoms with E-state index in [1.54, 1.807) is 13.8 Å². The summed E-state index contributed by atoms with van der Waals surface area (Å²) >= 11 is 0. The van der Waals surface area contributed by atoms with Crippen LogP contribution in [0.25, 0.3) is 0 Å². The Balaban J connectivity index is 1.17. The van der Waals surface area contributed by atoms with Gasteiger partial charge in [-0.3, -0.25) is 9.59 Å². The van der Waals surface area contributed by atoms with Crippen LogP contribution in [0, 0.1) is 44.8 Å². The number of esters is 2. The van der Waals surface area contributed by atoms with E-state index in [1.165, 1.54) is 13.8 Å². The molecule has 0 amide bonds. The molecule has 5 saturated carbocycles. The van der Waals surface area contributed by atoms with Gasteiger partial charge in [-0.25, -0.2) is 0 Å². The minimum Gasteiger partial charge on any atom is -0.458 e. The Hall–Kier alpha value is -1.38. The molecule has 0 aromatic rings. The third-order valence-electron chi connectivity index (χ3n) is 16.6. The van der Waals surface area contributed by atoms with Crippen molar-refractivity contribution in [1.82, 2.24) is 0 Å². The molecule has 12 nitrogen and oxygen atoms in total. The lowest BCUT2D eigenvalue weighted by molar-refractivity contribution is -0.317. The van der Waals surface area contributed by atoms with Gasteiger partial charge in [0, 0.05) is 37.0 Å². The molecule has 8 fully saturated rings. The van der Waals surface area contributed by atoms with Crippen molar-refractivity contribution in [2.75, 3.05) is 13.2 Å². The summed E-state index contributed by atoms with van der Waals surface area (Å²) < 4.78 is 38.7. The van der Waals surface area contributed by atoms with Crippen LogP contribution in [-0.4, -0.2) is 105 Å². The second-order valence-electron chi connectivity index (χ2n) is 19.4.